The monoisotopic (exact) mass is 532 g/mol. The topological polar surface area (TPSA) is 138 Å². The minimum atomic E-state index is -1.32. The maximum atomic E-state index is 13.2. The van der Waals surface area contributed by atoms with Gasteiger partial charge >= 0.3 is 5.97 Å². The van der Waals surface area contributed by atoms with Crippen LogP contribution in [0.3, 0.4) is 0 Å². The molecule has 4 aliphatic carbocycles. The van der Waals surface area contributed by atoms with Crippen LogP contribution in [0.5, 0.6) is 0 Å². The molecule has 210 valence electrons. The number of epoxide rings is 2. The van der Waals surface area contributed by atoms with Crippen molar-refractivity contribution < 1.29 is 43.9 Å². The fourth-order valence-electron chi connectivity index (χ4n) is 10.2. The van der Waals surface area contributed by atoms with Crippen molar-refractivity contribution in [3.05, 3.63) is 12.2 Å². The van der Waals surface area contributed by atoms with Crippen molar-refractivity contribution in [3.63, 3.8) is 0 Å². The zero-order valence-corrected chi connectivity index (χ0v) is 22.8. The lowest BCUT2D eigenvalue weighted by Crippen LogP contribution is -2.61. The average Bonchev–Trinajstić information content (AvgIpc) is 3.65. The van der Waals surface area contributed by atoms with Crippen LogP contribution in [0.2, 0.25) is 0 Å². The predicted octanol–water partition coefficient (Wildman–Crippen LogP) is 1.65. The maximum Gasteiger partial charge on any atom is 0.302 e. The van der Waals surface area contributed by atoms with E-state index in [4.69, 9.17) is 18.9 Å². The van der Waals surface area contributed by atoms with Crippen LogP contribution in [-0.4, -0.2) is 80.2 Å². The lowest BCUT2D eigenvalue weighted by molar-refractivity contribution is -0.247. The lowest BCUT2D eigenvalue weighted by Gasteiger charge is -2.56. The molecule has 0 aromatic carbocycles. The van der Waals surface area contributed by atoms with Crippen LogP contribution in [-0.2, 0) is 28.5 Å². The average molecular weight is 533 g/mol. The first-order valence-electron chi connectivity index (χ1n) is 14.2. The number of aliphatic hydroxyl groups is 3. The fourth-order valence-corrected chi connectivity index (χ4v) is 10.2. The Morgan fingerprint density at radius 3 is 2.61 bits per heavy atom. The molecule has 9 nitrogen and oxygen atoms in total. The summed E-state index contributed by atoms with van der Waals surface area (Å²) in [6, 6.07) is 0. The molecule has 0 aromatic rings. The van der Waals surface area contributed by atoms with Crippen LogP contribution < -0.4 is 0 Å². The molecule has 9 heteroatoms. The molecule has 7 rings (SSSR count). The Balaban J connectivity index is 1.23. The van der Waals surface area contributed by atoms with Gasteiger partial charge in [-0.3, -0.25) is 9.59 Å². The van der Waals surface area contributed by atoms with Crippen molar-refractivity contribution in [2.45, 2.75) is 120 Å². The Bertz CT molecular complexity index is 1120. The van der Waals surface area contributed by atoms with Crippen molar-refractivity contribution in [1.82, 2.24) is 0 Å². The SMILES string of the molecule is CC(=O)O[C@@H]1C[C@@H]([C@@](C)(O)[C@@H]2C[C@]3(C)O[C@]3(C)[C@H](O)O2)[C@@]2(C)CC[C@@H]3[C@@H](C[C@H]4O[C@@]45[C@@H]3C(=O)C=C[C@@H]5O)[C@@H]12. The molecule has 1 spiro atoms. The van der Waals surface area contributed by atoms with Crippen LogP contribution in [0.25, 0.3) is 0 Å². The van der Waals surface area contributed by atoms with E-state index >= 15 is 0 Å². The van der Waals surface area contributed by atoms with Crippen LogP contribution in [0.15, 0.2) is 12.2 Å². The van der Waals surface area contributed by atoms with Crippen LogP contribution in [0, 0.1) is 35.0 Å². The van der Waals surface area contributed by atoms with Gasteiger partial charge in [-0.25, -0.2) is 0 Å². The predicted molar refractivity (Wildman–Crippen MR) is 131 cm³/mol. The van der Waals surface area contributed by atoms with Gasteiger partial charge in [0.15, 0.2) is 12.1 Å². The van der Waals surface area contributed by atoms with Gasteiger partial charge in [0, 0.05) is 19.3 Å². The highest BCUT2D eigenvalue weighted by Gasteiger charge is 2.78. The van der Waals surface area contributed by atoms with Gasteiger partial charge in [0.05, 0.1) is 23.7 Å². The number of aliphatic hydroxyl groups excluding tert-OH is 2. The molecule has 6 fully saturated rings. The van der Waals surface area contributed by atoms with E-state index in [-0.39, 0.29) is 41.5 Å². The number of carbonyl (C=O) groups is 2. The molecule has 15 atom stereocenters. The van der Waals surface area contributed by atoms with Gasteiger partial charge in [0.1, 0.15) is 29.0 Å². The molecule has 0 aromatic heterocycles. The number of allylic oxidation sites excluding steroid dienone is 1. The molecule has 7 aliphatic rings. The largest absolute Gasteiger partial charge is 0.462 e. The Morgan fingerprint density at radius 2 is 1.92 bits per heavy atom. The van der Waals surface area contributed by atoms with Crippen LogP contribution in [0.1, 0.15) is 66.7 Å². The fraction of sp³-hybridized carbons (Fsp3) is 0.862. The summed E-state index contributed by atoms with van der Waals surface area (Å²) in [4.78, 5) is 25.5. The summed E-state index contributed by atoms with van der Waals surface area (Å²) in [6.45, 7) is 9.16. The molecule has 3 saturated carbocycles. The second-order valence-electron chi connectivity index (χ2n) is 14.1. The normalized spacial score (nSPS) is 59.4. The summed E-state index contributed by atoms with van der Waals surface area (Å²) in [5, 5.41) is 33.7. The van der Waals surface area contributed by atoms with E-state index in [2.05, 4.69) is 6.92 Å². The second-order valence-corrected chi connectivity index (χ2v) is 14.1. The summed E-state index contributed by atoms with van der Waals surface area (Å²) >= 11 is 0. The van der Waals surface area contributed by atoms with E-state index in [9.17, 15) is 24.9 Å². The third kappa shape index (κ3) is 2.98. The molecule has 3 heterocycles. The zero-order valence-electron chi connectivity index (χ0n) is 22.8. The molecule has 3 saturated heterocycles. The summed E-state index contributed by atoms with van der Waals surface area (Å²) in [5.41, 5.74) is -3.88. The van der Waals surface area contributed by atoms with Crippen LogP contribution in [0.4, 0.5) is 0 Å². The molecular formula is C29H40O9. The van der Waals surface area contributed by atoms with Gasteiger partial charge in [0.2, 0.25) is 0 Å². The Labute approximate surface area is 222 Å². The van der Waals surface area contributed by atoms with Crippen molar-refractivity contribution in [3.8, 4) is 0 Å². The van der Waals surface area contributed by atoms with E-state index in [1.54, 1.807) is 13.0 Å². The number of ketones is 1. The molecule has 3 aliphatic heterocycles. The molecule has 3 N–H and O–H groups in total. The lowest BCUT2D eigenvalue weighted by atomic mass is 9.48. The Hall–Kier alpha value is -1.36. The highest BCUT2D eigenvalue weighted by Crippen LogP contribution is 2.70. The number of hydrogen-bond donors (Lipinski definition) is 3. The highest BCUT2D eigenvalue weighted by molar-refractivity contribution is 5.95. The van der Waals surface area contributed by atoms with Crippen molar-refractivity contribution in [2.75, 3.05) is 0 Å². The highest BCUT2D eigenvalue weighted by atomic mass is 16.7. The summed E-state index contributed by atoms with van der Waals surface area (Å²) < 4.78 is 24.0. The van der Waals surface area contributed by atoms with E-state index < -0.39 is 58.3 Å². The number of fused-ring (bicyclic) bond motifs is 5. The second kappa shape index (κ2) is 7.47. The Morgan fingerprint density at radius 1 is 1.18 bits per heavy atom. The minimum Gasteiger partial charge on any atom is -0.462 e. The first kappa shape index (κ1) is 25.6. The smallest absolute Gasteiger partial charge is 0.302 e. The number of ether oxygens (including phenoxy) is 4. The zero-order chi connectivity index (χ0) is 27.2. The molecular weight excluding hydrogens is 492 g/mol. The van der Waals surface area contributed by atoms with Gasteiger partial charge in [-0.15, -0.1) is 0 Å². The summed E-state index contributed by atoms with van der Waals surface area (Å²) in [5.74, 6) is -1.05. The van der Waals surface area contributed by atoms with Crippen LogP contribution >= 0.6 is 0 Å². The Kier molecular flexibility index (Phi) is 5.04. The van der Waals surface area contributed by atoms with Gasteiger partial charge in [-0.2, -0.15) is 0 Å². The van der Waals surface area contributed by atoms with E-state index in [0.717, 1.165) is 12.8 Å². The summed E-state index contributed by atoms with van der Waals surface area (Å²) in [7, 11) is 0. The van der Waals surface area contributed by atoms with E-state index in [1.165, 1.54) is 13.0 Å². The van der Waals surface area contributed by atoms with Gasteiger partial charge in [-0.1, -0.05) is 6.92 Å². The molecule has 38 heavy (non-hydrogen) atoms. The number of esters is 1. The van der Waals surface area contributed by atoms with Gasteiger partial charge in [0.25, 0.3) is 0 Å². The number of carbonyl (C=O) groups excluding carboxylic acids is 2. The van der Waals surface area contributed by atoms with Gasteiger partial charge < -0.3 is 34.3 Å². The first-order chi connectivity index (χ1) is 17.7. The third-order valence-corrected chi connectivity index (χ3v) is 12.3. The van der Waals surface area contributed by atoms with E-state index in [0.29, 0.717) is 19.3 Å². The molecule has 0 radical (unpaired) electrons. The maximum absolute atomic E-state index is 13.2. The standard InChI is InChI=1S/C29H40O9/c1-13(30)35-17-11-18(27(4,34)21-12-26(3)28(5,38-26)24(33)36-21)25(2)9-8-14-15(23(17)25)10-20-29(37-20)19(32)7-6-16(31)22(14)29/h6-7,14-15,17-24,32-34H,8-12H2,1-5H3/t14-,15-,17-,18-,19+,20-,21+,22+,23+,24-,25-,26+,27-,28-,29-/m1/s1. The van der Waals surface area contributed by atoms with Gasteiger partial charge in [-0.05, 0) is 81.8 Å². The number of hydrogen-bond acceptors (Lipinski definition) is 9. The molecule has 0 amide bonds. The van der Waals surface area contributed by atoms with Crippen molar-refractivity contribution in [1.29, 1.82) is 0 Å². The first-order valence-corrected chi connectivity index (χ1v) is 14.2. The summed E-state index contributed by atoms with van der Waals surface area (Å²) in [6.07, 6.45) is 2.96. The van der Waals surface area contributed by atoms with E-state index in [1.807, 2.05) is 13.8 Å². The molecule has 0 unspecified atom stereocenters. The number of rotatable bonds is 3. The molecule has 0 bridgehead atoms. The van der Waals surface area contributed by atoms with Crippen molar-refractivity contribution >= 4 is 11.8 Å². The quantitative estimate of drug-likeness (QED) is 0.366. The minimum absolute atomic E-state index is 0.00648. The third-order valence-electron chi connectivity index (χ3n) is 12.3. The van der Waals surface area contributed by atoms with Crippen molar-refractivity contribution in [2.24, 2.45) is 35.0 Å².